The normalized spacial score (nSPS) is 17.1. The van der Waals surface area contributed by atoms with E-state index in [4.69, 9.17) is 0 Å². The van der Waals surface area contributed by atoms with Crippen molar-refractivity contribution in [2.24, 2.45) is 5.92 Å². The summed E-state index contributed by atoms with van der Waals surface area (Å²) in [5.41, 5.74) is 1.22. The van der Waals surface area contributed by atoms with Gasteiger partial charge in [-0.25, -0.2) is 4.98 Å². The Kier molecular flexibility index (Phi) is 4.93. The van der Waals surface area contributed by atoms with Crippen LogP contribution in [0.2, 0.25) is 0 Å². The van der Waals surface area contributed by atoms with Crippen LogP contribution in [0.3, 0.4) is 0 Å². The highest BCUT2D eigenvalue weighted by atomic mass is 32.1. The SMILES string of the molecule is CCC(C)C(C)NC(C)c1nc(C)sc1C. The maximum Gasteiger partial charge on any atom is 0.0900 e. The van der Waals surface area contributed by atoms with Crippen molar-refractivity contribution >= 4 is 11.3 Å². The molecular formula is C13H24N2S. The van der Waals surface area contributed by atoms with Crippen molar-refractivity contribution in [3.63, 3.8) is 0 Å². The highest BCUT2D eigenvalue weighted by Gasteiger charge is 2.17. The fourth-order valence-corrected chi connectivity index (χ4v) is 2.85. The number of rotatable bonds is 5. The molecule has 92 valence electrons. The second kappa shape index (κ2) is 5.78. The molecule has 0 aromatic carbocycles. The van der Waals surface area contributed by atoms with E-state index in [1.54, 1.807) is 11.3 Å². The van der Waals surface area contributed by atoms with Gasteiger partial charge in [-0.3, -0.25) is 0 Å². The van der Waals surface area contributed by atoms with Crippen molar-refractivity contribution in [1.29, 1.82) is 0 Å². The maximum atomic E-state index is 4.60. The van der Waals surface area contributed by atoms with Gasteiger partial charge >= 0.3 is 0 Å². The van der Waals surface area contributed by atoms with Crippen molar-refractivity contribution < 1.29 is 0 Å². The molecule has 2 nitrogen and oxygen atoms in total. The van der Waals surface area contributed by atoms with E-state index < -0.39 is 0 Å². The van der Waals surface area contributed by atoms with Gasteiger partial charge in [0.1, 0.15) is 0 Å². The number of aryl methyl sites for hydroxylation is 2. The molecule has 0 spiro atoms. The summed E-state index contributed by atoms with van der Waals surface area (Å²) < 4.78 is 0. The zero-order valence-electron chi connectivity index (χ0n) is 11.3. The van der Waals surface area contributed by atoms with Crippen molar-refractivity contribution in [2.75, 3.05) is 0 Å². The molecule has 0 aliphatic carbocycles. The Bertz CT molecular complexity index is 333. The lowest BCUT2D eigenvalue weighted by molar-refractivity contribution is 0.357. The molecule has 0 radical (unpaired) electrons. The van der Waals surface area contributed by atoms with E-state index in [1.165, 1.54) is 17.0 Å². The smallest absolute Gasteiger partial charge is 0.0900 e. The van der Waals surface area contributed by atoms with Crippen LogP contribution in [0.15, 0.2) is 0 Å². The molecule has 1 aromatic heterocycles. The second-order valence-corrected chi connectivity index (χ2v) is 6.14. The third-order valence-electron chi connectivity index (χ3n) is 3.36. The molecule has 1 N–H and O–H groups in total. The van der Waals surface area contributed by atoms with E-state index in [0.29, 0.717) is 18.0 Å². The number of nitrogens with zero attached hydrogens (tertiary/aromatic N) is 1. The van der Waals surface area contributed by atoms with Gasteiger partial charge in [0, 0.05) is 17.0 Å². The average molecular weight is 240 g/mol. The topological polar surface area (TPSA) is 24.9 Å². The lowest BCUT2D eigenvalue weighted by atomic mass is 10.00. The lowest BCUT2D eigenvalue weighted by Gasteiger charge is -2.24. The standard InChI is InChI=1S/C13H24N2S/c1-7-8(2)9(3)14-10(4)13-11(5)16-12(6)15-13/h8-10,14H,7H2,1-6H3. The lowest BCUT2D eigenvalue weighted by Crippen LogP contribution is -2.34. The summed E-state index contributed by atoms with van der Waals surface area (Å²) in [7, 11) is 0. The molecule has 3 heteroatoms. The van der Waals surface area contributed by atoms with Gasteiger partial charge in [-0.1, -0.05) is 20.3 Å². The first-order chi connectivity index (χ1) is 7.45. The fourth-order valence-electron chi connectivity index (χ4n) is 1.94. The molecule has 0 aliphatic heterocycles. The van der Waals surface area contributed by atoms with Gasteiger partial charge in [0.15, 0.2) is 0 Å². The predicted molar refractivity (Wildman–Crippen MR) is 72.1 cm³/mol. The van der Waals surface area contributed by atoms with Gasteiger partial charge < -0.3 is 5.32 Å². The summed E-state index contributed by atoms with van der Waals surface area (Å²) in [5.74, 6) is 0.711. The molecule has 3 unspecified atom stereocenters. The quantitative estimate of drug-likeness (QED) is 0.845. The van der Waals surface area contributed by atoms with Crippen LogP contribution >= 0.6 is 11.3 Å². The summed E-state index contributed by atoms with van der Waals surface area (Å²) in [6.45, 7) is 13.2. The molecule has 1 rings (SSSR count). The molecule has 0 saturated carbocycles. The van der Waals surface area contributed by atoms with Gasteiger partial charge in [-0.15, -0.1) is 11.3 Å². The van der Waals surface area contributed by atoms with Crippen LogP contribution in [0.1, 0.15) is 55.7 Å². The number of hydrogen-bond acceptors (Lipinski definition) is 3. The molecule has 1 heterocycles. The van der Waals surface area contributed by atoms with E-state index in [1.807, 2.05) is 0 Å². The summed E-state index contributed by atoms with van der Waals surface area (Å²) in [6.07, 6.45) is 1.22. The zero-order chi connectivity index (χ0) is 12.3. The molecule has 0 bridgehead atoms. The predicted octanol–water partition coefficient (Wildman–Crippen LogP) is 3.85. The van der Waals surface area contributed by atoms with Crippen molar-refractivity contribution in [3.05, 3.63) is 15.6 Å². The second-order valence-electron chi connectivity index (χ2n) is 4.74. The Morgan fingerprint density at radius 2 is 1.88 bits per heavy atom. The molecule has 1 aromatic rings. The van der Waals surface area contributed by atoms with E-state index in [9.17, 15) is 0 Å². The highest BCUT2D eigenvalue weighted by Crippen LogP contribution is 2.23. The summed E-state index contributed by atoms with van der Waals surface area (Å²) in [4.78, 5) is 5.95. The maximum absolute atomic E-state index is 4.60. The molecule has 0 saturated heterocycles. The highest BCUT2D eigenvalue weighted by molar-refractivity contribution is 7.11. The first kappa shape index (κ1) is 13.7. The third kappa shape index (κ3) is 3.29. The zero-order valence-corrected chi connectivity index (χ0v) is 12.1. The van der Waals surface area contributed by atoms with Crippen LogP contribution < -0.4 is 5.32 Å². The minimum Gasteiger partial charge on any atom is -0.306 e. The summed E-state index contributed by atoms with van der Waals surface area (Å²) in [5, 5.41) is 4.81. The van der Waals surface area contributed by atoms with Crippen LogP contribution in [-0.2, 0) is 0 Å². The van der Waals surface area contributed by atoms with E-state index >= 15 is 0 Å². The van der Waals surface area contributed by atoms with Gasteiger partial charge in [-0.2, -0.15) is 0 Å². The largest absolute Gasteiger partial charge is 0.306 e. The number of thiazole rings is 1. The molecule has 0 aliphatic rings. The number of nitrogens with one attached hydrogen (secondary N) is 1. The summed E-state index contributed by atoms with van der Waals surface area (Å²) >= 11 is 1.79. The van der Waals surface area contributed by atoms with Crippen molar-refractivity contribution in [2.45, 2.75) is 60.0 Å². The first-order valence-corrected chi connectivity index (χ1v) is 6.97. The van der Waals surface area contributed by atoms with Crippen LogP contribution in [-0.4, -0.2) is 11.0 Å². The Labute approximate surface area is 103 Å². The van der Waals surface area contributed by atoms with E-state index in [-0.39, 0.29) is 0 Å². The molecule has 3 atom stereocenters. The van der Waals surface area contributed by atoms with Gasteiger partial charge in [0.25, 0.3) is 0 Å². The van der Waals surface area contributed by atoms with Gasteiger partial charge in [-0.05, 0) is 33.6 Å². The van der Waals surface area contributed by atoms with Crippen molar-refractivity contribution in [1.82, 2.24) is 10.3 Å². The van der Waals surface area contributed by atoms with Crippen LogP contribution in [0.5, 0.6) is 0 Å². The summed E-state index contributed by atoms with van der Waals surface area (Å²) in [6, 6.07) is 0.898. The number of hydrogen-bond donors (Lipinski definition) is 1. The fraction of sp³-hybridized carbons (Fsp3) is 0.769. The first-order valence-electron chi connectivity index (χ1n) is 6.15. The average Bonchev–Trinajstić information content (AvgIpc) is 2.56. The van der Waals surface area contributed by atoms with Gasteiger partial charge in [0.05, 0.1) is 10.7 Å². The number of aromatic nitrogens is 1. The third-order valence-corrected chi connectivity index (χ3v) is 4.26. The van der Waals surface area contributed by atoms with Crippen LogP contribution in [0.25, 0.3) is 0 Å². The minimum absolute atomic E-state index is 0.356. The van der Waals surface area contributed by atoms with E-state index in [0.717, 1.165) is 5.01 Å². The monoisotopic (exact) mass is 240 g/mol. The molecule has 16 heavy (non-hydrogen) atoms. The Morgan fingerprint density at radius 3 is 2.31 bits per heavy atom. The van der Waals surface area contributed by atoms with E-state index in [2.05, 4.69) is 51.8 Å². The molecule has 0 amide bonds. The van der Waals surface area contributed by atoms with Crippen LogP contribution in [0, 0.1) is 19.8 Å². The van der Waals surface area contributed by atoms with Gasteiger partial charge in [0.2, 0.25) is 0 Å². The van der Waals surface area contributed by atoms with Crippen LogP contribution in [0.4, 0.5) is 0 Å². The molecular weight excluding hydrogens is 216 g/mol. The Hall–Kier alpha value is -0.410. The minimum atomic E-state index is 0.356. The Balaban J connectivity index is 2.65. The van der Waals surface area contributed by atoms with Crippen molar-refractivity contribution in [3.8, 4) is 0 Å². The Morgan fingerprint density at radius 1 is 1.25 bits per heavy atom. The molecule has 0 fully saturated rings.